The topological polar surface area (TPSA) is 108 Å². The number of non-ortho nitro benzene ring substituents is 1. The highest BCUT2D eigenvalue weighted by molar-refractivity contribution is 6.30. The average molecular weight is 397 g/mol. The van der Waals surface area contributed by atoms with Crippen LogP contribution in [0.5, 0.6) is 5.75 Å². The lowest BCUT2D eigenvalue weighted by Crippen LogP contribution is -2.31. The molecule has 0 aliphatic carbocycles. The maximum Gasteiger partial charge on any atom is 0.344 e. The number of esters is 1. The minimum Gasteiger partial charge on any atom is -0.482 e. The number of benzene rings is 2. The SMILES string of the molecule is C[C@H](OC(=O)COc1ccc([N+](=O)[O-])cc1)C(=O)Nc1ccc(Cl)cc1F. The predicted molar refractivity (Wildman–Crippen MR) is 94.2 cm³/mol. The highest BCUT2D eigenvalue weighted by Gasteiger charge is 2.19. The van der Waals surface area contributed by atoms with E-state index in [9.17, 15) is 24.1 Å². The van der Waals surface area contributed by atoms with Gasteiger partial charge in [-0.2, -0.15) is 0 Å². The second-order valence-electron chi connectivity index (χ2n) is 5.29. The van der Waals surface area contributed by atoms with Crippen LogP contribution in [0.2, 0.25) is 5.02 Å². The zero-order valence-corrected chi connectivity index (χ0v) is 14.7. The number of carbonyl (C=O) groups is 2. The van der Waals surface area contributed by atoms with Gasteiger partial charge in [0.1, 0.15) is 11.6 Å². The van der Waals surface area contributed by atoms with Crippen LogP contribution >= 0.6 is 11.6 Å². The molecule has 8 nitrogen and oxygen atoms in total. The van der Waals surface area contributed by atoms with Crippen molar-refractivity contribution in [3.63, 3.8) is 0 Å². The van der Waals surface area contributed by atoms with Gasteiger partial charge in [0, 0.05) is 17.2 Å². The van der Waals surface area contributed by atoms with E-state index in [2.05, 4.69) is 5.32 Å². The Morgan fingerprint density at radius 3 is 2.52 bits per heavy atom. The van der Waals surface area contributed by atoms with Gasteiger partial charge < -0.3 is 14.8 Å². The summed E-state index contributed by atoms with van der Waals surface area (Å²) in [6.07, 6.45) is -1.20. The molecule has 0 heterocycles. The van der Waals surface area contributed by atoms with Crippen molar-refractivity contribution in [2.45, 2.75) is 13.0 Å². The molecule has 1 N–H and O–H groups in total. The lowest BCUT2D eigenvalue weighted by atomic mass is 10.3. The summed E-state index contributed by atoms with van der Waals surface area (Å²) in [5, 5.41) is 13.0. The molecule has 0 saturated carbocycles. The third-order valence-corrected chi connectivity index (χ3v) is 3.51. The van der Waals surface area contributed by atoms with E-state index in [0.717, 1.165) is 6.07 Å². The molecule has 0 fully saturated rings. The van der Waals surface area contributed by atoms with Crippen LogP contribution in [-0.4, -0.2) is 29.5 Å². The zero-order chi connectivity index (χ0) is 20.0. The molecule has 0 aromatic heterocycles. The molecule has 0 aliphatic rings. The van der Waals surface area contributed by atoms with Crippen molar-refractivity contribution in [3.8, 4) is 5.75 Å². The van der Waals surface area contributed by atoms with Gasteiger partial charge in [0.05, 0.1) is 10.6 Å². The number of nitro groups is 1. The number of ether oxygens (including phenoxy) is 2. The van der Waals surface area contributed by atoms with E-state index in [1.165, 1.54) is 43.3 Å². The Labute approximate surface area is 158 Å². The number of nitrogens with one attached hydrogen (secondary N) is 1. The van der Waals surface area contributed by atoms with Gasteiger partial charge >= 0.3 is 5.97 Å². The Kier molecular flexibility index (Phi) is 6.67. The number of halogens is 2. The van der Waals surface area contributed by atoms with Gasteiger partial charge in [-0.1, -0.05) is 11.6 Å². The Morgan fingerprint density at radius 2 is 1.93 bits per heavy atom. The minimum atomic E-state index is -1.20. The third-order valence-electron chi connectivity index (χ3n) is 3.27. The molecular formula is C17H14ClFN2O6. The van der Waals surface area contributed by atoms with Crippen LogP contribution in [0.3, 0.4) is 0 Å². The summed E-state index contributed by atoms with van der Waals surface area (Å²) in [6.45, 7) is 0.803. The van der Waals surface area contributed by atoms with Crippen LogP contribution in [0.4, 0.5) is 15.8 Å². The predicted octanol–water partition coefficient (Wildman–Crippen LogP) is 3.34. The first-order valence-electron chi connectivity index (χ1n) is 7.59. The fourth-order valence-electron chi connectivity index (χ4n) is 1.92. The Hall–Kier alpha value is -3.20. The minimum absolute atomic E-state index is 0.102. The fraction of sp³-hybridized carbons (Fsp3) is 0.176. The molecule has 1 amide bonds. The lowest BCUT2D eigenvalue weighted by Gasteiger charge is -2.14. The molecule has 2 aromatic carbocycles. The summed E-state index contributed by atoms with van der Waals surface area (Å²) in [4.78, 5) is 33.7. The molecule has 0 spiro atoms. The molecule has 0 saturated heterocycles. The summed E-state index contributed by atoms with van der Waals surface area (Å²) in [5.74, 6) is -2.08. The van der Waals surface area contributed by atoms with E-state index < -0.39 is 35.3 Å². The first-order valence-corrected chi connectivity index (χ1v) is 7.96. The maximum atomic E-state index is 13.7. The van der Waals surface area contributed by atoms with Crippen LogP contribution in [0.15, 0.2) is 42.5 Å². The van der Waals surface area contributed by atoms with Gasteiger partial charge in [0.25, 0.3) is 11.6 Å². The van der Waals surface area contributed by atoms with E-state index in [-0.39, 0.29) is 22.1 Å². The molecule has 0 aliphatic heterocycles. The van der Waals surface area contributed by atoms with E-state index in [4.69, 9.17) is 21.1 Å². The summed E-state index contributed by atoms with van der Waals surface area (Å²) < 4.78 is 23.7. The second kappa shape index (κ2) is 8.95. The molecule has 0 unspecified atom stereocenters. The highest BCUT2D eigenvalue weighted by Crippen LogP contribution is 2.19. The number of hydrogen-bond acceptors (Lipinski definition) is 6. The standard InChI is InChI=1S/C17H14ClFN2O6/c1-10(17(23)20-15-7-2-11(18)8-14(15)19)27-16(22)9-26-13-5-3-12(4-6-13)21(24)25/h2-8,10H,9H2,1H3,(H,20,23)/t10-/m0/s1. The smallest absolute Gasteiger partial charge is 0.344 e. The summed E-state index contributed by atoms with van der Waals surface area (Å²) >= 11 is 5.62. The van der Waals surface area contributed by atoms with Crippen molar-refractivity contribution in [1.82, 2.24) is 0 Å². The number of hydrogen-bond donors (Lipinski definition) is 1. The van der Waals surface area contributed by atoms with Crippen molar-refractivity contribution in [1.29, 1.82) is 0 Å². The quantitative estimate of drug-likeness (QED) is 0.437. The van der Waals surface area contributed by atoms with E-state index in [1.807, 2.05) is 0 Å². The Bertz CT molecular complexity index is 859. The van der Waals surface area contributed by atoms with Crippen molar-refractivity contribution in [3.05, 3.63) is 63.4 Å². The molecule has 0 radical (unpaired) electrons. The molecule has 2 rings (SSSR count). The van der Waals surface area contributed by atoms with Crippen LogP contribution in [0.1, 0.15) is 6.92 Å². The normalized spacial score (nSPS) is 11.4. The monoisotopic (exact) mass is 396 g/mol. The number of carbonyl (C=O) groups excluding carboxylic acids is 2. The first-order chi connectivity index (χ1) is 12.8. The molecule has 0 bridgehead atoms. The fourth-order valence-corrected chi connectivity index (χ4v) is 2.08. The number of rotatable bonds is 7. The van der Waals surface area contributed by atoms with Crippen molar-refractivity contribution < 1.29 is 28.4 Å². The Morgan fingerprint density at radius 1 is 1.26 bits per heavy atom. The van der Waals surface area contributed by atoms with Crippen LogP contribution < -0.4 is 10.1 Å². The maximum absolute atomic E-state index is 13.7. The van der Waals surface area contributed by atoms with Gasteiger partial charge in [-0.15, -0.1) is 0 Å². The van der Waals surface area contributed by atoms with Gasteiger partial charge in [-0.3, -0.25) is 14.9 Å². The van der Waals surface area contributed by atoms with Gasteiger partial charge in [0.15, 0.2) is 12.7 Å². The van der Waals surface area contributed by atoms with Crippen LogP contribution in [-0.2, 0) is 14.3 Å². The molecular weight excluding hydrogens is 383 g/mol. The molecule has 1 atom stereocenters. The first kappa shape index (κ1) is 20.1. The van der Waals surface area contributed by atoms with E-state index in [0.29, 0.717) is 0 Å². The zero-order valence-electron chi connectivity index (χ0n) is 14.0. The van der Waals surface area contributed by atoms with E-state index in [1.54, 1.807) is 0 Å². The van der Waals surface area contributed by atoms with Gasteiger partial charge in [-0.25, -0.2) is 9.18 Å². The largest absolute Gasteiger partial charge is 0.482 e. The van der Waals surface area contributed by atoms with Crippen molar-refractivity contribution >= 4 is 34.9 Å². The van der Waals surface area contributed by atoms with Crippen molar-refractivity contribution in [2.24, 2.45) is 0 Å². The number of anilines is 1. The summed E-state index contributed by atoms with van der Waals surface area (Å²) in [7, 11) is 0. The average Bonchev–Trinajstić information content (AvgIpc) is 2.62. The number of nitro benzene ring substituents is 1. The van der Waals surface area contributed by atoms with Gasteiger partial charge in [-0.05, 0) is 37.3 Å². The van der Waals surface area contributed by atoms with Crippen molar-refractivity contribution in [2.75, 3.05) is 11.9 Å². The van der Waals surface area contributed by atoms with Crippen LogP contribution in [0.25, 0.3) is 0 Å². The molecule has 10 heteroatoms. The molecule has 27 heavy (non-hydrogen) atoms. The molecule has 2 aromatic rings. The number of nitrogens with zero attached hydrogens (tertiary/aromatic N) is 1. The third kappa shape index (κ3) is 5.93. The highest BCUT2D eigenvalue weighted by atomic mass is 35.5. The van der Waals surface area contributed by atoms with Crippen LogP contribution in [0, 0.1) is 15.9 Å². The summed E-state index contributed by atoms with van der Waals surface area (Å²) in [6, 6.07) is 8.80. The Balaban J connectivity index is 1.83. The number of amides is 1. The van der Waals surface area contributed by atoms with E-state index >= 15 is 0 Å². The second-order valence-corrected chi connectivity index (χ2v) is 5.72. The van der Waals surface area contributed by atoms with Gasteiger partial charge in [0.2, 0.25) is 0 Å². The summed E-state index contributed by atoms with van der Waals surface area (Å²) in [5.41, 5.74) is -0.223. The molecule has 142 valence electrons. The lowest BCUT2D eigenvalue weighted by molar-refractivity contribution is -0.384.